The van der Waals surface area contributed by atoms with Gasteiger partial charge < -0.3 is 0 Å². The van der Waals surface area contributed by atoms with Gasteiger partial charge in [-0.3, -0.25) is 0 Å². The average molecular weight is 228 g/mol. The third-order valence-corrected chi connectivity index (χ3v) is 9.66. The molecule has 84 valence electrons. The van der Waals surface area contributed by atoms with Crippen LogP contribution in [0.3, 0.4) is 0 Å². The molecular formula is C15H20Si. The van der Waals surface area contributed by atoms with Crippen LogP contribution in [0.15, 0.2) is 54.6 Å². The Balaban J connectivity index is 2.42. The van der Waals surface area contributed by atoms with Crippen LogP contribution in [-0.2, 0) is 0 Å². The molecule has 0 fully saturated rings. The molecule has 0 nitrogen and oxygen atoms in total. The van der Waals surface area contributed by atoms with Crippen LogP contribution in [0.2, 0.25) is 17.6 Å². The third kappa shape index (κ3) is 1.80. The summed E-state index contributed by atoms with van der Waals surface area (Å²) in [5.74, 6) is 0. The van der Waals surface area contributed by atoms with Crippen molar-refractivity contribution in [2.45, 2.75) is 31.5 Å². The summed E-state index contributed by atoms with van der Waals surface area (Å²) in [6.07, 6.45) is 9.21. The normalized spacial score (nSPS) is 15.9. The van der Waals surface area contributed by atoms with E-state index in [4.69, 9.17) is 0 Å². The molecule has 0 saturated heterocycles. The van der Waals surface area contributed by atoms with E-state index in [-0.39, 0.29) is 0 Å². The first kappa shape index (κ1) is 11.4. The Morgan fingerprint density at radius 1 is 0.938 bits per heavy atom. The van der Waals surface area contributed by atoms with Gasteiger partial charge in [0.25, 0.3) is 0 Å². The molecule has 16 heavy (non-hydrogen) atoms. The monoisotopic (exact) mass is 228 g/mol. The van der Waals surface area contributed by atoms with Crippen LogP contribution >= 0.6 is 0 Å². The van der Waals surface area contributed by atoms with E-state index in [0.717, 1.165) is 0 Å². The molecule has 2 rings (SSSR count). The van der Waals surface area contributed by atoms with Crippen molar-refractivity contribution in [1.82, 2.24) is 0 Å². The maximum absolute atomic E-state index is 2.40. The molecule has 0 N–H and O–H groups in total. The Morgan fingerprint density at radius 3 is 2.00 bits per heavy atom. The lowest BCUT2D eigenvalue weighted by atomic mass is 10.4. The molecule has 0 radical (unpaired) electrons. The highest BCUT2D eigenvalue weighted by molar-refractivity contribution is 6.93. The summed E-state index contributed by atoms with van der Waals surface area (Å²) in [5, 5.41) is 1.61. The second kappa shape index (κ2) is 4.83. The molecule has 0 bridgehead atoms. The van der Waals surface area contributed by atoms with Gasteiger partial charge in [0.15, 0.2) is 0 Å². The molecule has 0 aromatic heterocycles. The van der Waals surface area contributed by atoms with E-state index in [2.05, 4.69) is 68.5 Å². The first-order chi connectivity index (χ1) is 7.83. The van der Waals surface area contributed by atoms with Gasteiger partial charge in [0, 0.05) is 0 Å². The molecule has 1 aromatic rings. The van der Waals surface area contributed by atoms with Gasteiger partial charge in [-0.1, -0.05) is 85.8 Å². The fourth-order valence-electron chi connectivity index (χ4n) is 2.89. The van der Waals surface area contributed by atoms with Crippen molar-refractivity contribution >= 4 is 13.3 Å². The van der Waals surface area contributed by atoms with Crippen molar-refractivity contribution in [2.24, 2.45) is 0 Å². The smallest absolute Gasteiger partial charge is 0.0800 e. The molecular weight excluding hydrogens is 208 g/mol. The third-order valence-electron chi connectivity index (χ3n) is 4.00. The van der Waals surface area contributed by atoms with Gasteiger partial charge in [0.1, 0.15) is 0 Å². The number of benzene rings is 1. The topological polar surface area (TPSA) is 0 Å². The predicted molar refractivity (Wildman–Crippen MR) is 74.8 cm³/mol. The standard InChI is InChI=1S/C15H20Si/c1-3-16(4-2,15-12-8-9-13-15)14-10-6-5-7-11-14/h5-13,15H,3-4H2,1-2H3. The van der Waals surface area contributed by atoms with Crippen LogP contribution in [0, 0.1) is 0 Å². The molecule has 1 heteroatoms. The summed E-state index contributed by atoms with van der Waals surface area (Å²) in [6, 6.07) is 13.8. The van der Waals surface area contributed by atoms with E-state index >= 15 is 0 Å². The second-order valence-corrected chi connectivity index (χ2v) is 9.50. The van der Waals surface area contributed by atoms with Crippen LogP contribution < -0.4 is 5.19 Å². The van der Waals surface area contributed by atoms with Crippen LogP contribution in [0.5, 0.6) is 0 Å². The highest BCUT2D eigenvalue weighted by Crippen LogP contribution is 2.34. The van der Waals surface area contributed by atoms with Gasteiger partial charge in [0.05, 0.1) is 8.07 Å². The molecule has 0 spiro atoms. The van der Waals surface area contributed by atoms with E-state index in [1.807, 2.05) is 0 Å². The minimum Gasteiger partial charge on any atom is -0.0800 e. The maximum Gasteiger partial charge on any atom is 0.0966 e. The summed E-state index contributed by atoms with van der Waals surface area (Å²) < 4.78 is 0. The minimum absolute atomic E-state index is 0.699. The Labute approximate surface area is 99.7 Å². The molecule has 0 saturated carbocycles. The Morgan fingerprint density at radius 2 is 1.50 bits per heavy atom. The van der Waals surface area contributed by atoms with E-state index in [0.29, 0.717) is 5.54 Å². The number of hydrogen-bond acceptors (Lipinski definition) is 0. The van der Waals surface area contributed by atoms with Crippen molar-refractivity contribution in [1.29, 1.82) is 0 Å². The molecule has 1 aromatic carbocycles. The van der Waals surface area contributed by atoms with Crippen molar-refractivity contribution in [3.63, 3.8) is 0 Å². The van der Waals surface area contributed by atoms with Crippen LogP contribution in [-0.4, -0.2) is 8.07 Å². The van der Waals surface area contributed by atoms with Crippen molar-refractivity contribution < 1.29 is 0 Å². The Hall–Kier alpha value is -1.08. The summed E-state index contributed by atoms with van der Waals surface area (Å²) in [7, 11) is -1.36. The van der Waals surface area contributed by atoms with Crippen LogP contribution in [0.1, 0.15) is 13.8 Å². The van der Waals surface area contributed by atoms with E-state index in [1.54, 1.807) is 5.19 Å². The average Bonchev–Trinajstić information content (AvgIpc) is 2.87. The van der Waals surface area contributed by atoms with Gasteiger partial charge in [-0.25, -0.2) is 0 Å². The fourth-order valence-corrected chi connectivity index (χ4v) is 7.35. The van der Waals surface area contributed by atoms with Gasteiger partial charge in [-0.15, -0.1) is 0 Å². The van der Waals surface area contributed by atoms with E-state index < -0.39 is 8.07 Å². The van der Waals surface area contributed by atoms with E-state index in [1.165, 1.54) is 12.1 Å². The molecule has 0 heterocycles. The summed E-state index contributed by atoms with van der Waals surface area (Å²) >= 11 is 0. The summed E-state index contributed by atoms with van der Waals surface area (Å²) in [5.41, 5.74) is 0.699. The predicted octanol–water partition coefficient (Wildman–Crippen LogP) is 3.88. The highest BCUT2D eigenvalue weighted by Gasteiger charge is 2.37. The van der Waals surface area contributed by atoms with Crippen molar-refractivity contribution in [3.05, 3.63) is 54.6 Å². The number of rotatable bonds is 4. The van der Waals surface area contributed by atoms with E-state index in [9.17, 15) is 0 Å². The SMILES string of the molecule is CC[Si](CC)(c1ccccc1)C1C=CC=C1. The first-order valence-corrected chi connectivity index (χ1v) is 8.73. The fraction of sp³-hybridized carbons (Fsp3) is 0.333. The lowest BCUT2D eigenvalue weighted by Crippen LogP contribution is -2.49. The highest BCUT2D eigenvalue weighted by atomic mass is 28.3. The number of allylic oxidation sites excluding steroid dienone is 4. The van der Waals surface area contributed by atoms with Gasteiger partial charge in [-0.2, -0.15) is 0 Å². The Kier molecular flexibility index (Phi) is 3.45. The molecule has 1 aliphatic carbocycles. The molecule has 0 unspecified atom stereocenters. The maximum atomic E-state index is 2.40. The first-order valence-electron chi connectivity index (χ1n) is 6.24. The van der Waals surface area contributed by atoms with Gasteiger partial charge in [-0.05, 0) is 5.54 Å². The van der Waals surface area contributed by atoms with Crippen LogP contribution in [0.4, 0.5) is 0 Å². The lowest BCUT2D eigenvalue weighted by molar-refractivity contribution is 1.16. The molecule has 0 amide bonds. The number of hydrogen-bond donors (Lipinski definition) is 0. The van der Waals surface area contributed by atoms with Gasteiger partial charge >= 0.3 is 0 Å². The van der Waals surface area contributed by atoms with Crippen LogP contribution in [0.25, 0.3) is 0 Å². The zero-order valence-electron chi connectivity index (χ0n) is 10.2. The van der Waals surface area contributed by atoms with Gasteiger partial charge in [0.2, 0.25) is 0 Å². The largest absolute Gasteiger partial charge is 0.0966 e. The van der Waals surface area contributed by atoms with Crippen molar-refractivity contribution in [2.75, 3.05) is 0 Å². The zero-order valence-corrected chi connectivity index (χ0v) is 11.2. The summed E-state index contributed by atoms with van der Waals surface area (Å²) in [6.45, 7) is 4.73. The second-order valence-electron chi connectivity index (χ2n) is 4.52. The Bertz CT molecular complexity index is 373. The minimum atomic E-state index is -1.36. The molecule has 0 atom stereocenters. The quantitative estimate of drug-likeness (QED) is 0.686. The molecule has 1 aliphatic rings. The zero-order chi connectivity index (χ0) is 11.4. The molecule has 0 aliphatic heterocycles. The summed E-state index contributed by atoms with van der Waals surface area (Å²) in [4.78, 5) is 0. The lowest BCUT2D eigenvalue weighted by Gasteiger charge is -2.34. The van der Waals surface area contributed by atoms with Crippen molar-refractivity contribution in [3.8, 4) is 0 Å².